The van der Waals surface area contributed by atoms with Gasteiger partial charge in [-0.2, -0.15) is 0 Å². The Morgan fingerprint density at radius 3 is 1.58 bits per heavy atom. The number of hydrogen-bond acceptors (Lipinski definition) is 0. The summed E-state index contributed by atoms with van der Waals surface area (Å²) in [6.45, 7) is 5.00. The summed E-state index contributed by atoms with van der Waals surface area (Å²) < 4.78 is 2.49. The minimum Gasteiger partial charge on any atom is -0.309 e. The highest BCUT2D eigenvalue weighted by Gasteiger charge is 2.37. The zero-order valence-corrected chi connectivity index (χ0v) is 30.2. The van der Waals surface area contributed by atoms with E-state index in [2.05, 4.69) is 194 Å². The van der Waals surface area contributed by atoms with E-state index in [1.54, 1.807) is 5.19 Å². The minimum absolute atomic E-state index is 1.22. The van der Waals surface area contributed by atoms with Gasteiger partial charge in [0.15, 0.2) is 0 Å². The monoisotopic (exact) mass is 677 g/mol. The highest BCUT2D eigenvalue weighted by molar-refractivity contribution is 7.03. The van der Waals surface area contributed by atoms with Crippen LogP contribution < -0.4 is 10.4 Å². The Morgan fingerprint density at radius 2 is 0.846 bits per heavy atom. The second-order valence-electron chi connectivity index (χ2n) is 14.9. The molecule has 0 fully saturated rings. The van der Waals surface area contributed by atoms with Crippen LogP contribution >= 0.6 is 0 Å². The molecule has 2 heteroatoms. The Labute approximate surface area is 304 Å². The fourth-order valence-corrected chi connectivity index (χ4v) is 12.3. The van der Waals surface area contributed by atoms with E-state index in [0.29, 0.717) is 0 Å². The summed E-state index contributed by atoms with van der Waals surface area (Å²) >= 11 is 0. The van der Waals surface area contributed by atoms with Crippen molar-refractivity contribution in [3.05, 3.63) is 176 Å². The summed E-state index contributed by atoms with van der Waals surface area (Å²) in [6.07, 6.45) is 0. The van der Waals surface area contributed by atoms with E-state index in [-0.39, 0.29) is 0 Å². The van der Waals surface area contributed by atoms with Gasteiger partial charge in [-0.1, -0.05) is 153 Å². The van der Waals surface area contributed by atoms with Gasteiger partial charge in [-0.25, -0.2) is 0 Å². The average molecular weight is 678 g/mol. The molecule has 0 radical (unpaired) electrons. The van der Waals surface area contributed by atoms with Crippen molar-refractivity contribution < 1.29 is 0 Å². The lowest BCUT2D eigenvalue weighted by Gasteiger charge is -2.20. The number of para-hydroxylation sites is 1. The molecule has 0 aliphatic carbocycles. The summed E-state index contributed by atoms with van der Waals surface area (Å²) in [5, 5.41) is 13.5. The summed E-state index contributed by atoms with van der Waals surface area (Å²) in [5.41, 5.74) is 11.4. The lowest BCUT2D eigenvalue weighted by Crippen LogP contribution is -2.49. The van der Waals surface area contributed by atoms with Crippen LogP contribution in [0.25, 0.3) is 93.2 Å². The van der Waals surface area contributed by atoms with Crippen LogP contribution in [0.1, 0.15) is 0 Å². The van der Waals surface area contributed by atoms with Crippen molar-refractivity contribution in [2.45, 2.75) is 13.1 Å². The van der Waals surface area contributed by atoms with E-state index in [4.69, 9.17) is 0 Å². The van der Waals surface area contributed by atoms with E-state index < -0.39 is 8.07 Å². The van der Waals surface area contributed by atoms with Crippen molar-refractivity contribution in [2.24, 2.45) is 0 Å². The Balaban J connectivity index is 1.07. The molecule has 0 unspecified atom stereocenters. The molecule has 1 aliphatic heterocycles. The van der Waals surface area contributed by atoms with Crippen LogP contribution in [0.5, 0.6) is 0 Å². The van der Waals surface area contributed by atoms with Crippen LogP contribution in [0.3, 0.4) is 0 Å². The molecule has 0 spiro atoms. The first-order chi connectivity index (χ1) is 25.5. The van der Waals surface area contributed by atoms with Crippen LogP contribution in [0.15, 0.2) is 176 Å². The molecule has 10 aromatic rings. The number of nitrogens with zero attached hydrogens (tertiary/aromatic N) is 1. The molecule has 0 saturated carbocycles. The van der Waals surface area contributed by atoms with Crippen LogP contribution in [0, 0.1) is 0 Å². The number of benzene rings is 9. The maximum Gasteiger partial charge on any atom is 0.113 e. The van der Waals surface area contributed by atoms with Gasteiger partial charge in [0.1, 0.15) is 8.07 Å². The second-order valence-corrected chi connectivity index (χ2v) is 19.2. The molecule has 0 saturated heterocycles. The Kier molecular flexibility index (Phi) is 6.18. The van der Waals surface area contributed by atoms with Crippen LogP contribution in [-0.2, 0) is 0 Å². The van der Waals surface area contributed by atoms with Gasteiger partial charge in [-0.3, -0.25) is 0 Å². The molecule has 0 N–H and O–H groups in total. The number of hydrogen-bond donors (Lipinski definition) is 0. The average Bonchev–Trinajstić information content (AvgIpc) is 3.65. The fraction of sp³-hybridized carbons (Fsp3) is 0.0400. The van der Waals surface area contributed by atoms with Gasteiger partial charge in [0.05, 0.1) is 11.0 Å². The minimum atomic E-state index is -1.82. The van der Waals surface area contributed by atoms with E-state index in [9.17, 15) is 0 Å². The second kappa shape index (κ2) is 10.9. The molecule has 9 aromatic carbocycles. The molecule has 244 valence electrons. The molecule has 1 aliphatic rings. The van der Waals surface area contributed by atoms with Gasteiger partial charge in [0, 0.05) is 16.5 Å². The predicted molar refractivity (Wildman–Crippen MR) is 226 cm³/mol. The number of fused-ring (bicyclic) bond motifs is 12. The van der Waals surface area contributed by atoms with Crippen molar-refractivity contribution in [1.29, 1.82) is 0 Å². The van der Waals surface area contributed by atoms with Gasteiger partial charge < -0.3 is 4.57 Å². The zero-order valence-electron chi connectivity index (χ0n) is 29.2. The third-order valence-corrected chi connectivity index (χ3v) is 15.3. The smallest absolute Gasteiger partial charge is 0.113 e. The SMILES string of the molecule is C[Si]1(C)c2ccccc2-c2ccc(-n3c4ccccc4c4ccc(-c5cccc(-c6ccc7c8ccccc8c8ccccc8c7c6)c5)cc43)cc21. The molecule has 52 heavy (non-hydrogen) atoms. The standard InChI is InChI=1S/C50H35NSi/c1-52(2)49-21-10-8-19-44(49)45-27-24-36(31-50(45)52)51-47-20-9-7-18-42(47)43-26-23-35(30-48(43)51)33-13-11-12-32(28-33)34-22-25-41-39-16-4-3-14-37(39)38-15-5-6-17-40(38)46(41)29-34/h3-31H,1-2H3. The molecule has 0 atom stereocenters. The highest BCUT2D eigenvalue weighted by Crippen LogP contribution is 2.39. The molecule has 0 bridgehead atoms. The molecular formula is C50H35NSi. The predicted octanol–water partition coefficient (Wildman–Crippen LogP) is 12.4. The van der Waals surface area contributed by atoms with Gasteiger partial charge in [0.2, 0.25) is 0 Å². The fourth-order valence-electron chi connectivity index (χ4n) is 9.23. The maximum absolute atomic E-state index is 2.50. The van der Waals surface area contributed by atoms with Crippen LogP contribution in [0.2, 0.25) is 13.1 Å². The molecule has 1 nitrogen and oxygen atoms in total. The van der Waals surface area contributed by atoms with E-state index in [0.717, 1.165) is 0 Å². The van der Waals surface area contributed by atoms with E-state index in [1.165, 1.54) is 98.4 Å². The lowest BCUT2D eigenvalue weighted by atomic mass is 9.91. The Morgan fingerprint density at radius 1 is 0.327 bits per heavy atom. The quantitative estimate of drug-likeness (QED) is 0.130. The summed E-state index contributed by atoms with van der Waals surface area (Å²) in [6, 6.07) is 65.8. The summed E-state index contributed by atoms with van der Waals surface area (Å²) in [7, 11) is -1.82. The first kappa shape index (κ1) is 29.5. The summed E-state index contributed by atoms with van der Waals surface area (Å²) in [5.74, 6) is 0. The molecular weight excluding hydrogens is 643 g/mol. The largest absolute Gasteiger partial charge is 0.309 e. The Bertz CT molecular complexity index is 3070. The molecule has 1 aromatic heterocycles. The van der Waals surface area contributed by atoms with E-state index in [1.807, 2.05) is 0 Å². The number of aromatic nitrogens is 1. The van der Waals surface area contributed by atoms with Gasteiger partial charge in [-0.05, 0) is 112 Å². The van der Waals surface area contributed by atoms with Crippen molar-refractivity contribution in [2.75, 3.05) is 0 Å². The zero-order chi connectivity index (χ0) is 34.6. The third-order valence-electron chi connectivity index (χ3n) is 11.8. The Hall–Kier alpha value is -6.22. The maximum atomic E-state index is 2.50. The van der Waals surface area contributed by atoms with Crippen molar-refractivity contribution in [1.82, 2.24) is 4.57 Å². The molecule has 2 heterocycles. The number of rotatable bonds is 3. The first-order valence-electron chi connectivity index (χ1n) is 18.3. The van der Waals surface area contributed by atoms with Crippen molar-refractivity contribution >= 4 is 72.6 Å². The third kappa shape index (κ3) is 4.16. The summed E-state index contributed by atoms with van der Waals surface area (Å²) in [4.78, 5) is 0. The van der Waals surface area contributed by atoms with Crippen molar-refractivity contribution in [3.8, 4) is 39.1 Å². The first-order valence-corrected chi connectivity index (χ1v) is 21.3. The normalized spacial score (nSPS) is 13.3. The van der Waals surface area contributed by atoms with Gasteiger partial charge in [0.25, 0.3) is 0 Å². The highest BCUT2D eigenvalue weighted by atomic mass is 28.3. The van der Waals surface area contributed by atoms with Crippen molar-refractivity contribution in [3.63, 3.8) is 0 Å². The topological polar surface area (TPSA) is 4.93 Å². The van der Waals surface area contributed by atoms with E-state index >= 15 is 0 Å². The lowest BCUT2D eigenvalue weighted by molar-refractivity contribution is 1.18. The molecule has 0 amide bonds. The van der Waals surface area contributed by atoms with Crippen LogP contribution in [0.4, 0.5) is 0 Å². The van der Waals surface area contributed by atoms with Gasteiger partial charge in [-0.15, -0.1) is 0 Å². The van der Waals surface area contributed by atoms with Gasteiger partial charge >= 0.3 is 0 Å². The van der Waals surface area contributed by atoms with Crippen LogP contribution in [-0.4, -0.2) is 12.6 Å². The molecule has 11 rings (SSSR count).